The summed E-state index contributed by atoms with van der Waals surface area (Å²) in [6.45, 7) is 6.63. The third-order valence-electron chi connectivity index (χ3n) is 5.23. The van der Waals surface area contributed by atoms with Gasteiger partial charge in [-0.05, 0) is 51.5 Å². The van der Waals surface area contributed by atoms with Gasteiger partial charge in [0, 0.05) is 24.6 Å². The zero-order chi connectivity index (χ0) is 28.5. The Morgan fingerprint density at radius 1 is 0.842 bits per heavy atom. The Balaban J connectivity index is 2.30. The number of carbonyl (C=O) groups excluding carboxylic acids is 4. The quantitative estimate of drug-likeness (QED) is 0.218. The maximum Gasteiger partial charge on any atom is 0.408 e. The van der Waals surface area contributed by atoms with Gasteiger partial charge in [0.05, 0.1) is 19.8 Å². The Morgan fingerprint density at radius 3 is 2.00 bits per heavy atom. The Kier molecular flexibility index (Phi) is 9.97. The largest absolute Gasteiger partial charge is 0.481 e. The van der Waals surface area contributed by atoms with Crippen LogP contribution >= 0.6 is 0 Å². The molecule has 2 rings (SSSR count). The minimum absolute atomic E-state index is 0.0336. The average molecular weight is 527 g/mol. The van der Waals surface area contributed by atoms with Gasteiger partial charge in [-0.2, -0.15) is 0 Å². The number of amides is 3. The van der Waals surface area contributed by atoms with Crippen LogP contribution in [0.1, 0.15) is 59.5 Å². The SMILES string of the molecule is CN=C(OC)c1cc(C(=O)NNC(=O)[C@@](C)(Cc2ccccc2)NC(=O)OC(C)(C)C)cc(C(=O)OC)c1. The van der Waals surface area contributed by atoms with Crippen LogP contribution in [0, 0.1) is 0 Å². The van der Waals surface area contributed by atoms with Gasteiger partial charge in [-0.25, -0.2) is 9.59 Å². The number of aliphatic imine (C=N–C) groups is 1. The van der Waals surface area contributed by atoms with Crippen LogP contribution in [0.5, 0.6) is 0 Å². The summed E-state index contributed by atoms with van der Waals surface area (Å²) >= 11 is 0. The second-order valence-corrected chi connectivity index (χ2v) is 9.55. The number of carbonyl (C=O) groups is 4. The third kappa shape index (κ3) is 8.32. The second-order valence-electron chi connectivity index (χ2n) is 9.55. The molecule has 0 unspecified atom stereocenters. The van der Waals surface area contributed by atoms with E-state index >= 15 is 0 Å². The van der Waals surface area contributed by atoms with Gasteiger partial charge in [0.15, 0.2) is 0 Å². The Morgan fingerprint density at radius 2 is 1.45 bits per heavy atom. The number of hydrazine groups is 1. The number of ether oxygens (including phenoxy) is 3. The Bertz CT molecular complexity index is 1210. The summed E-state index contributed by atoms with van der Waals surface area (Å²) < 4.78 is 15.3. The standard InChI is InChI=1S/C27H34N4O7/c1-26(2,3)38-25(35)29-27(4,16-17-11-9-8-10-12-17)24(34)31-30-21(32)18-13-19(22(28-5)36-6)15-20(14-18)23(33)37-7/h8-15H,16H2,1-7H3,(H,29,35)(H,30,32)(H,31,34)/t27-/m1/s1. The molecular weight excluding hydrogens is 492 g/mol. The number of esters is 1. The summed E-state index contributed by atoms with van der Waals surface area (Å²) in [5, 5.41) is 2.61. The number of rotatable bonds is 7. The molecule has 11 heteroatoms. The lowest BCUT2D eigenvalue weighted by Crippen LogP contribution is -2.61. The summed E-state index contributed by atoms with van der Waals surface area (Å²) in [7, 11) is 4.11. The molecule has 3 amide bonds. The van der Waals surface area contributed by atoms with E-state index in [9.17, 15) is 19.2 Å². The van der Waals surface area contributed by atoms with Crippen LogP contribution in [-0.2, 0) is 25.4 Å². The van der Waals surface area contributed by atoms with Gasteiger partial charge < -0.3 is 19.5 Å². The van der Waals surface area contributed by atoms with E-state index in [1.54, 1.807) is 20.8 Å². The molecule has 0 bridgehead atoms. The lowest BCUT2D eigenvalue weighted by Gasteiger charge is -2.31. The summed E-state index contributed by atoms with van der Waals surface area (Å²) in [5.41, 5.74) is 3.67. The molecule has 0 heterocycles. The first-order valence-electron chi connectivity index (χ1n) is 11.7. The fourth-order valence-electron chi connectivity index (χ4n) is 3.49. The van der Waals surface area contributed by atoms with Crippen molar-refractivity contribution >= 4 is 29.8 Å². The molecule has 3 N–H and O–H groups in total. The van der Waals surface area contributed by atoms with Crippen molar-refractivity contribution in [2.24, 2.45) is 4.99 Å². The van der Waals surface area contributed by atoms with Crippen LogP contribution in [-0.4, -0.2) is 62.2 Å². The maximum absolute atomic E-state index is 13.3. The normalized spacial score (nSPS) is 13.0. The predicted octanol–water partition coefficient (Wildman–Crippen LogP) is 2.78. The number of hydrogen-bond acceptors (Lipinski definition) is 8. The lowest BCUT2D eigenvalue weighted by atomic mass is 9.92. The van der Waals surface area contributed by atoms with Crippen molar-refractivity contribution in [3.05, 3.63) is 70.8 Å². The summed E-state index contributed by atoms with van der Waals surface area (Å²) in [4.78, 5) is 55.0. The molecule has 1 atom stereocenters. The van der Waals surface area contributed by atoms with E-state index in [1.165, 1.54) is 46.4 Å². The van der Waals surface area contributed by atoms with Crippen molar-refractivity contribution in [2.75, 3.05) is 21.3 Å². The Hall–Kier alpha value is -4.41. The Labute approximate surface area is 221 Å². The zero-order valence-electron chi connectivity index (χ0n) is 22.6. The molecule has 38 heavy (non-hydrogen) atoms. The van der Waals surface area contributed by atoms with E-state index in [2.05, 4.69) is 21.2 Å². The second kappa shape index (κ2) is 12.7. The molecule has 0 radical (unpaired) electrons. The highest BCUT2D eigenvalue weighted by molar-refractivity contribution is 6.04. The predicted molar refractivity (Wildman–Crippen MR) is 141 cm³/mol. The molecule has 2 aromatic carbocycles. The van der Waals surface area contributed by atoms with Gasteiger partial charge in [0.25, 0.3) is 11.8 Å². The highest BCUT2D eigenvalue weighted by Crippen LogP contribution is 2.17. The fraction of sp³-hybridized carbons (Fsp3) is 0.370. The summed E-state index contributed by atoms with van der Waals surface area (Å²) in [6.07, 6.45) is -0.681. The fourth-order valence-corrected chi connectivity index (χ4v) is 3.49. The first-order valence-corrected chi connectivity index (χ1v) is 11.7. The maximum atomic E-state index is 13.3. The molecule has 11 nitrogen and oxygen atoms in total. The molecule has 0 aromatic heterocycles. The van der Waals surface area contributed by atoms with Crippen molar-refractivity contribution in [1.82, 2.24) is 16.2 Å². The van der Waals surface area contributed by atoms with Crippen LogP contribution in [0.15, 0.2) is 53.5 Å². The number of methoxy groups -OCH3 is 2. The van der Waals surface area contributed by atoms with E-state index in [4.69, 9.17) is 14.2 Å². The molecule has 0 aliphatic heterocycles. The van der Waals surface area contributed by atoms with E-state index < -0.39 is 35.0 Å². The molecule has 204 valence electrons. The van der Waals surface area contributed by atoms with E-state index in [0.29, 0.717) is 5.56 Å². The molecule has 0 aliphatic carbocycles. The van der Waals surface area contributed by atoms with E-state index in [-0.39, 0.29) is 23.4 Å². The van der Waals surface area contributed by atoms with Crippen LogP contribution in [0.2, 0.25) is 0 Å². The third-order valence-corrected chi connectivity index (χ3v) is 5.23. The van der Waals surface area contributed by atoms with E-state index in [1.807, 2.05) is 30.3 Å². The van der Waals surface area contributed by atoms with Crippen molar-refractivity contribution in [3.63, 3.8) is 0 Å². The number of nitrogens with one attached hydrogen (secondary N) is 3. The first kappa shape index (κ1) is 29.8. The molecular formula is C27H34N4O7. The number of nitrogens with zero attached hydrogens (tertiary/aromatic N) is 1. The van der Waals surface area contributed by atoms with Crippen molar-refractivity contribution < 1.29 is 33.4 Å². The monoisotopic (exact) mass is 526 g/mol. The molecule has 0 spiro atoms. The van der Waals surface area contributed by atoms with Crippen LogP contribution in [0.4, 0.5) is 4.79 Å². The van der Waals surface area contributed by atoms with Crippen molar-refractivity contribution in [3.8, 4) is 0 Å². The first-order chi connectivity index (χ1) is 17.8. The summed E-state index contributed by atoms with van der Waals surface area (Å²) in [5.74, 6) is -1.91. The molecule has 2 aromatic rings. The van der Waals surface area contributed by atoms with Crippen LogP contribution in [0.25, 0.3) is 0 Å². The zero-order valence-corrected chi connectivity index (χ0v) is 22.6. The van der Waals surface area contributed by atoms with Gasteiger partial charge in [-0.15, -0.1) is 0 Å². The van der Waals surface area contributed by atoms with Crippen molar-refractivity contribution in [2.45, 2.75) is 45.3 Å². The average Bonchev–Trinajstić information content (AvgIpc) is 2.86. The molecule has 0 saturated heterocycles. The minimum Gasteiger partial charge on any atom is -0.481 e. The number of benzene rings is 2. The van der Waals surface area contributed by atoms with Crippen LogP contribution < -0.4 is 16.2 Å². The smallest absolute Gasteiger partial charge is 0.408 e. The van der Waals surface area contributed by atoms with Gasteiger partial charge in [0.2, 0.25) is 5.90 Å². The van der Waals surface area contributed by atoms with Crippen molar-refractivity contribution in [1.29, 1.82) is 0 Å². The van der Waals surface area contributed by atoms with E-state index in [0.717, 1.165) is 5.56 Å². The van der Waals surface area contributed by atoms with Gasteiger partial charge >= 0.3 is 12.1 Å². The number of hydrogen-bond donors (Lipinski definition) is 3. The van der Waals surface area contributed by atoms with Gasteiger partial charge in [0.1, 0.15) is 11.1 Å². The van der Waals surface area contributed by atoms with Gasteiger partial charge in [-0.1, -0.05) is 30.3 Å². The molecule has 0 saturated carbocycles. The minimum atomic E-state index is -1.49. The topological polar surface area (TPSA) is 144 Å². The number of alkyl carbamates (subject to hydrolysis) is 1. The van der Waals surface area contributed by atoms with Gasteiger partial charge in [-0.3, -0.25) is 25.4 Å². The summed E-state index contributed by atoms with van der Waals surface area (Å²) in [6, 6.07) is 13.3. The highest BCUT2D eigenvalue weighted by Gasteiger charge is 2.37. The molecule has 0 aliphatic rings. The van der Waals surface area contributed by atoms with Crippen LogP contribution in [0.3, 0.4) is 0 Å². The lowest BCUT2D eigenvalue weighted by molar-refractivity contribution is -0.127. The highest BCUT2D eigenvalue weighted by atomic mass is 16.6. The molecule has 0 fully saturated rings.